The first-order chi connectivity index (χ1) is 9.10. The highest BCUT2D eigenvalue weighted by Crippen LogP contribution is 2.19. The maximum Gasteiger partial charge on any atom is 0.212 e. The van der Waals surface area contributed by atoms with Crippen molar-refractivity contribution in [2.75, 3.05) is 7.11 Å². The average Bonchev–Trinajstić information content (AvgIpc) is 2.42. The maximum absolute atomic E-state index is 13.1. The van der Waals surface area contributed by atoms with Crippen molar-refractivity contribution in [2.45, 2.75) is 12.5 Å². The molecule has 0 saturated carbocycles. The third-order valence-electron chi connectivity index (χ3n) is 2.83. The van der Waals surface area contributed by atoms with Gasteiger partial charge < -0.3 is 10.5 Å². The molecule has 0 fully saturated rings. The van der Waals surface area contributed by atoms with Gasteiger partial charge in [-0.05, 0) is 29.7 Å². The number of ether oxygens (including phenoxy) is 1. The topological polar surface area (TPSA) is 48.1 Å². The summed E-state index contributed by atoms with van der Waals surface area (Å²) in [7, 11) is 1.54. The molecule has 2 rings (SSSR count). The summed E-state index contributed by atoms with van der Waals surface area (Å²) in [4.78, 5) is 4.06. The van der Waals surface area contributed by atoms with Crippen molar-refractivity contribution >= 4 is 0 Å². The molecule has 1 aromatic heterocycles. The van der Waals surface area contributed by atoms with Crippen molar-refractivity contribution in [3.63, 3.8) is 0 Å². The Morgan fingerprint density at radius 3 is 2.58 bits per heavy atom. The van der Waals surface area contributed by atoms with Crippen LogP contribution in [0.2, 0.25) is 0 Å². The van der Waals surface area contributed by atoms with E-state index < -0.39 is 17.7 Å². The monoisotopic (exact) mass is 264 g/mol. The number of rotatable bonds is 4. The number of nitrogens with zero attached hydrogens (tertiary/aromatic N) is 1. The third kappa shape index (κ3) is 3.26. The standard InChI is InChI=1S/C14H14F2N2O/c1-19-14-5-2-9(8-18-14)6-13(17)10-3-4-11(15)12(16)7-10/h2-5,7-8,13H,6,17H2,1H3. The van der Waals surface area contributed by atoms with Gasteiger partial charge in [-0.1, -0.05) is 12.1 Å². The Bertz CT molecular complexity index is 558. The van der Waals surface area contributed by atoms with Crippen molar-refractivity contribution in [1.82, 2.24) is 4.98 Å². The van der Waals surface area contributed by atoms with Gasteiger partial charge in [0.1, 0.15) is 0 Å². The molecule has 0 aliphatic carbocycles. The highest BCUT2D eigenvalue weighted by molar-refractivity contribution is 5.25. The van der Waals surface area contributed by atoms with E-state index in [0.717, 1.165) is 17.7 Å². The molecule has 0 aliphatic rings. The number of pyridine rings is 1. The van der Waals surface area contributed by atoms with Gasteiger partial charge in [-0.25, -0.2) is 13.8 Å². The Kier molecular flexibility index (Phi) is 4.06. The first kappa shape index (κ1) is 13.4. The predicted octanol–water partition coefficient (Wildman–Crippen LogP) is 2.61. The van der Waals surface area contributed by atoms with Crippen LogP contribution in [0, 0.1) is 11.6 Å². The molecule has 2 N–H and O–H groups in total. The van der Waals surface area contributed by atoms with Crippen molar-refractivity contribution in [2.24, 2.45) is 5.73 Å². The van der Waals surface area contributed by atoms with Crippen LogP contribution in [0.3, 0.4) is 0 Å². The van der Waals surface area contributed by atoms with Gasteiger partial charge in [-0.3, -0.25) is 0 Å². The summed E-state index contributed by atoms with van der Waals surface area (Å²) in [6.07, 6.45) is 2.14. The first-order valence-electron chi connectivity index (χ1n) is 5.79. The van der Waals surface area contributed by atoms with Crippen LogP contribution < -0.4 is 10.5 Å². The molecule has 0 aliphatic heterocycles. The lowest BCUT2D eigenvalue weighted by Crippen LogP contribution is -2.14. The van der Waals surface area contributed by atoms with E-state index in [0.29, 0.717) is 17.9 Å². The van der Waals surface area contributed by atoms with Crippen molar-refractivity contribution in [3.05, 3.63) is 59.3 Å². The van der Waals surface area contributed by atoms with E-state index in [1.165, 1.54) is 13.2 Å². The van der Waals surface area contributed by atoms with Gasteiger partial charge in [0.25, 0.3) is 0 Å². The van der Waals surface area contributed by atoms with Crippen molar-refractivity contribution < 1.29 is 13.5 Å². The Balaban J connectivity index is 2.10. The van der Waals surface area contributed by atoms with Gasteiger partial charge >= 0.3 is 0 Å². The number of aromatic nitrogens is 1. The maximum atomic E-state index is 13.1. The fourth-order valence-electron chi connectivity index (χ4n) is 1.77. The lowest BCUT2D eigenvalue weighted by Gasteiger charge is -2.12. The normalized spacial score (nSPS) is 12.2. The Morgan fingerprint density at radius 2 is 2.00 bits per heavy atom. The molecule has 0 bridgehead atoms. The fraction of sp³-hybridized carbons (Fsp3) is 0.214. The first-order valence-corrected chi connectivity index (χ1v) is 5.79. The molecule has 5 heteroatoms. The minimum Gasteiger partial charge on any atom is -0.481 e. The summed E-state index contributed by atoms with van der Waals surface area (Å²) >= 11 is 0. The van der Waals surface area contributed by atoms with Crippen LogP contribution in [-0.2, 0) is 6.42 Å². The zero-order valence-corrected chi connectivity index (χ0v) is 10.4. The van der Waals surface area contributed by atoms with E-state index in [-0.39, 0.29) is 0 Å². The zero-order valence-electron chi connectivity index (χ0n) is 10.4. The van der Waals surface area contributed by atoms with Gasteiger partial charge in [0.15, 0.2) is 11.6 Å². The number of halogens is 2. The number of hydrogen-bond acceptors (Lipinski definition) is 3. The van der Waals surface area contributed by atoms with E-state index in [4.69, 9.17) is 10.5 Å². The van der Waals surface area contributed by atoms with Crippen LogP contribution in [0.25, 0.3) is 0 Å². The largest absolute Gasteiger partial charge is 0.481 e. The van der Waals surface area contributed by atoms with E-state index in [9.17, 15) is 8.78 Å². The van der Waals surface area contributed by atoms with Crippen LogP contribution in [0.15, 0.2) is 36.5 Å². The second-order valence-electron chi connectivity index (χ2n) is 4.19. The molecule has 0 radical (unpaired) electrons. The highest BCUT2D eigenvalue weighted by atomic mass is 19.2. The van der Waals surface area contributed by atoms with Crippen LogP contribution in [0.1, 0.15) is 17.2 Å². The van der Waals surface area contributed by atoms with Crippen molar-refractivity contribution in [1.29, 1.82) is 0 Å². The number of nitrogens with two attached hydrogens (primary N) is 1. The van der Waals surface area contributed by atoms with Crippen LogP contribution in [0.5, 0.6) is 5.88 Å². The minimum absolute atomic E-state index is 0.412. The van der Waals surface area contributed by atoms with E-state index in [1.54, 1.807) is 12.3 Å². The molecule has 1 atom stereocenters. The molecular weight excluding hydrogens is 250 g/mol. The number of hydrogen-bond donors (Lipinski definition) is 1. The Morgan fingerprint density at radius 1 is 1.21 bits per heavy atom. The number of benzene rings is 1. The molecule has 1 unspecified atom stereocenters. The molecule has 19 heavy (non-hydrogen) atoms. The Labute approximate surface area is 110 Å². The SMILES string of the molecule is COc1ccc(CC(N)c2ccc(F)c(F)c2)cn1. The molecule has 100 valence electrons. The zero-order chi connectivity index (χ0) is 13.8. The van der Waals surface area contributed by atoms with Gasteiger partial charge in [0.2, 0.25) is 5.88 Å². The van der Waals surface area contributed by atoms with Gasteiger partial charge in [0.05, 0.1) is 7.11 Å². The molecule has 0 spiro atoms. The van der Waals surface area contributed by atoms with E-state index in [2.05, 4.69) is 4.98 Å². The molecule has 3 nitrogen and oxygen atoms in total. The Hall–Kier alpha value is -2.01. The molecule has 0 saturated heterocycles. The second-order valence-corrected chi connectivity index (χ2v) is 4.19. The molecule has 1 heterocycles. The summed E-state index contributed by atoms with van der Waals surface area (Å²) in [5.41, 5.74) is 7.42. The fourth-order valence-corrected chi connectivity index (χ4v) is 1.77. The molecule has 1 aromatic carbocycles. The summed E-state index contributed by atoms with van der Waals surface area (Å²) in [5, 5.41) is 0. The van der Waals surface area contributed by atoms with Crippen molar-refractivity contribution in [3.8, 4) is 5.88 Å². The average molecular weight is 264 g/mol. The predicted molar refractivity (Wildman–Crippen MR) is 67.8 cm³/mol. The quantitative estimate of drug-likeness (QED) is 0.923. The van der Waals surface area contributed by atoms with Gasteiger partial charge in [-0.2, -0.15) is 0 Å². The lowest BCUT2D eigenvalue weighted by molar-refractivity contribution is 0.397. The lowest BCUT2D eigenvalue weighted by atomic mass is 10.0. The van der Waals surface area contributed by atoms with E-state index >= 15 is 0 Å². The summed E-state index contributed by atoms with van der Waals surface area (Å²) in [5.74, 6) is -1.24. The van der Waals surface area contributed by atoms with E-state index in [1.807, 2.05) is 6.07 Å². The van der Waals surface area contributed by atoms with Gasteiger partial charge in [0, 0.05) is 18.3 Å². The van der Waals surface area contributed by atoms with Crippen LogP contribution in [0.4, 0.5) is 8.78 Å². The molecule has 0 amide bonds. The smallest absolute Gasteiger partial charge is 0.212 e. The summed E-state index contributed by atoms with van der Waals surface area (Å²) in [6, 6.07) is 6.84. The van der Waals surface area contributed by atoms with Crippen LogP contribution >= 0.6 is 0 Å². The van der Waals surface area contributed by atoms with Crippen LogP contribution in [-0.4, -0.2) is 12.1 Å². The van der Waals surface area contributed by atoms with Gasteiger partial charge in [-0.15, -0.1) is 0 Å². The highest BCUT2D eigenvalue weighted by Gasteiger charge is 2.10. The second kappa shape index (κ2) is 5.75. The third-order valence-corrected chi connectivity index (χ3v) is 2.83. The molecular formula is C14H14F2N2O. The minimum atomic E-state index is -0.888. The summed E-state index contributed by atoms with van der Waals surface area (Å²) in [6.45, 7) is 0. The molecule has 2 aromatic rings. The number of methoxy groups -OCH3 is 1. The summed E-state index contributed by atoms with van der Waals surface area (Å²) < 4.78 is 30.9.